The molecule has 0 radical (unpaired) electrons. The van der Waals surface area contributed by atoms with E-state index in [1.54, 1.807) is 7.11 Å². The third-order valence-corrected chi connectivity index (χ3v) is 5.49. The van der Waals surface area contributed by atoms with Crippen molar-refractivity contribution in [1.82, 2.24) is 9.97 Å². The molecule has 1 aromatic heterocycles. The molecule has 1 saturated heterocycles. The lowest BCUT2D eigenvalue weighted by Crippen LogP contribution is -2.12. The zero-order chi connectivity index (χ0) is 13.7. The molecule has 1 N–H and O–H groups in total. The van der Waals surface area contributed by atoms with E-state index in [0.717, 1.165) is 33.9 Å². The standard InChI is InChI=1S/C13H20IN3OS/c1-3-6-15-13-11(14)9(8-18-2)16-12(17-13)10-5-4-7-19-10/h10H,3-8H2,1-2H3,(H,15,16,17). The Bertz CT molecular complexity index is 425. The number of aromatic nitrogens is 2. The van der Waals surface area contributed by atoms with Crippen molar-refractivity contribution in [2.45, 2.75) is 38.0 Å². The minimum Gasteiger partial charge on any atom is -0.378 e. The smallest absolute Gasteiger partial charge is 0.144 e. The largest absolute Gasteiger partial charge is 0.378 e. The number of ether oxygens (including phenoxy) is 1. The van der Waals surface area contributed by atoms with Crippen molar-refractivity contribution in [3.05, 3.63) is 15.1 Å². The van der Waals surface area contributed by atoms with Gasteiger partial charge in [-0.2, -0.15) is 11.8 Å². The number of thioether (sulfide) groups is 1. The summed E-state index contributed by atoms with van der Waals surface area (Å²) in [6.07, 6.45) is 3.54. The van der Waals surface area contributed by atoms with Crippen molar-refractivity contribution < 1.29 is 4.74 Å². The Morgan fingerprint density at radius 3 is 2.95 bits per heavy atom. The van der Waals surface area contributed by atoms with Crippen molar-refractivity contribution in [3.8, 4) is 0 Å². The third kappa shape index (κ3) is 3.95. The van der Waals surface area contributed by atoms with Crippen LogP contribution >= 0.6 is 34.4 Å². The Balaban J connectivity index is 2.29. The molecule has 1 aromatic rings. The molecule has 6 heteroatoms. The average Bonchev–Trinajstić information content (AvgIpc) is 2.94. The van der Waals surface area contributed by atoms with Gasteiger partial charge in [-0.15, -0.1) is 0 Å². The van der Waals surface area contributed by atoms with E-state index in [2.05, 4.69) is 34.8 Å². The van der Waals surface area contributed by atoms with Gasteiger partial charge in [0.05, 0.1) is 21.1 Å². The lowest BCUT2D eigenvalue weighted by Gasteiger charge is -2.15. The molecule has 0 bridgehead atoms. The Kier molecular flexibility index (Phi) is 6.15. The zero-order valence-corrected chi connectivity index (χ0v) is 14.4. The Labute approximate surface area is 132 Å². The third-order valence-electron chi connectivity index (χ3n) is 2.98. The maximum absolute atomic E-state index is 5.26. The molecule has 2 rings (SSSR count). The average molecular weight is 393 g/mol. The summed E-state index contributed by atoms with van der Waals surface area (Å²) in [5, 5.41) is 3.86. The summed E-state index contributed by atoms with van der Waals surface area (Å²) in [4.78, 5) is 9.44. The van der Waals surface area contributed by atoms with Crippen LogP contribution in [0, 0.1) is 3.57 Å². The summed E-state index contributed by atoms with van der Waals surface area (Å²) < 4.78 is 6.34. The number of halogens is 1. The molecule has 1 aliphatic rings. The van der Waals surface area contributed by atoms with Crippen molar-refractivity contribution in [3.63, 3.8) is 0 Å². The monoisotopic (exact) mass is 393 g/mol. The van der Waals surface area contributed by atoms with Gasteiger partial charge < -0.3 is 10.1 Å². The van der Waals surface area contributed by atoms with Gasteiger partial charge in [-0.3, -0.25) is 0 Å². The molecule has 106 valence electrons. The molecule has 0 amide bonds. The van der Waals surface area contributed by atoms with Crippen molar-refractivity contribution in [2.24, 2.45) is 0 Å². The maximum atomic E-state index is 5.26. The van der Waals surface area contributed by atoms with Gasteiger partial charge in [0.15, 0.2) is 0 Å². The summed E-state index contributed by atoms with van der Waals surface area (Å²) in [5.41, 5.74) is 0.999. The fourth-order valence-corrected chi connectivity index (χ4v) is 3.82. The SMILES string of the molecule is CCCNc1nc(C2CCCS2)nc(COC)c1I. The molecule has 0 saturated carbocycles. The topological polar surface area (TPSA) is 47.0 Å². The number of hydrogen-bond donors (Lipinski definition) is 1. The first-order valence-electron chi connectivity index (χ1n) is 6.67. The van der Waals surface area contributed by atoms with E-state index in [4.69, 9.17) is 14.7 Å². The summed E-state index contributed by atoms with van der Waals surface area (Å²) >= 11 is 4.27. The Morgan fingerprint density at radius 2 is 2.32 bits per heavy atom. The minimum atomic E-state index is 0.454. The van der Waals surface area contributed by atoms with Gasteiger partial charge in [-0.05, 0) is 47.6 Å². The first-order valence-corrected chi connectivity index (χ1v) is 8.79. The van der Waals surface area contributed by atoms with Crippen LogP contribution in [0.15, 0.2) is 0 Å². The molecule has 19 heavy (non-hydrogen) atoms. The van der Waals surface area contributed by atoms with Crippen molar-refractivity contribution >= 4 is 40.2 Å². The van der Waals surface area contributed by atoms with Crippen LogP contribution in [-0.4, -0.2) is 29.4 Å². The lowest BCUT2D eigenvalue weighted by molar-refractivity contribution is 0.180. The van der Waals surface area contributed by atoms with Gasteiger partial charge in [0.1, 0.15) is 11.6 Å². The lowest BCUT2D eigenvalue weighted by atomic mass is 10.2. The van der Waals surface area contributed by atoms with Gasteiger partial charge in [-0.1, -0.05) is 6.92 Å². The van der Waals surface area contributed by atoms with Crippen LogP contribution in [0.4, 0.5) is 5.82 Å². The Hall–Kier alpha value is -0.0800. The van der Waals surface area contributed by atoms with Gasteiger partial charge in [0, 0.05) is 13.7 Å². The molecule has 0 aromatic carbocycles. The molecular formula is C13H20IN3OS. The highest BCUT2D eigenvalue weighted by atomic mass is 127. The van der Waals surface area contributed by atoms with Crippen LogP contribution in [0.2, 0.25) is 0 Å². The van der Waals surface area contributed by atoms with E-state index in [0.29, 0.717) is 11.9 Å². The minimum absolute atomic E-state index is 0.454. The predicted octanol–water partition coefficient (Wildman–Crippen LogP) is 3.62. The number of nitrogens with zero attached hydrogens (tertiary/aromatic N) is 2. The number of methoxy groups -OCH3 is 1. The van der Waals surface area contributed by atoms with Crippen LogP contribution < -0.4 is 5.32 Å². The van der Waals surface area contributed by atoms with Gasteiger partial charge in [0.25, 0.3) is 0 Å². The second-order valence-electron chi connectivity index (χ2n) is 4.55. The second kappa shape index (κ2) is 7.64. The summed E-state index contributed by atoms with van der Waals surface area (Å²) in [6.45, 7) is 3.65. The van der Waals surface area contributed by atoms with Crippen LogP contribution in [0.1, 0.15) is 43.0 Å². The van der Waals surface area contributed by atoms with Crippen molar-refractivity contribution in [1.29, 1.82) is 0 Å². The van der Waals surface area contributed by atoms with E-state index in [-0.39, 0.29) is 0 Å². The zero-order valence-electron chi connectivity index (χ0n) is 11.4. The normalized spacial score (nSPS) is 18.8. The first kappa shape index (κ1) is 15.3. The van der Waals surface area contributed by atoms with Crippen LogP contribution in [0.3, 0.4) is 0 Å². The van der Waals surface area contributed by atoms with E-state index in [9.17, 15) is 0 Å². The molecule has 4 nitrogen and oxygen atoms in total. The number of anilines is 1. The molecule has 0 spiro atoms. The van der Waals surface area contributed by atoms with E-state index in [1.165, 1.54) is 18.6 Å². The molecule has 0 aliphatic carbocycles. The number of nitrogens with one attached hydrogen (secondary N) is 1. The highest BCUT2D eigenvalue weighted by molar-refractivity contribution is 14.1. The maximum Gasteiger partial charge on any atom is 0.144 e. The molecule has 1 unspecified atom stereocenters. The van der Waals surface area contributed by atoms with E-state index in [1.807, 2.05) is 11.8 Å². The number of hydrogen-bond acceptors (Lipinski definition) is 5. The molecule has 2 heterocycles. The molecule has 1 aliphatic heterocycles. The quantitative estimate of drug-likeness (QED) is 0.749. The van der Waals surface area contributed by atoms with Gasteiger partial charge in [-0.25, -0.2) is 9.97 Å². The van der Waals surface area contributed by atoms with E-state index < -0.39 is 0 Å². The van der Waals surface area contributed by atoms with Gasteiger partial charge in [0.2, 0.25) is 0 Å². The van der Waals surface area contributed by atoms with Gasteiger partial charge >= 0.3 is 0 Å². The Morgan fingerprint density at radius 1 is 1.47 bits per heavy atom. The van der Waals surface area contributed by atoms with Crippen LogP contribution in [0.25, 0.3) is 0 Å². The highest BCUT2D eigenvalue weighted by Gasteiger charge is 2.23. The van der Waals surface area contributed by atoms with Crippen molar-refractivity contribution in [2.75, 3.05) is 24.7 Å². The first-order chi connectivity index (χ1) is 9.26. The summed E-state index contributed by atoms with van der Waals surface area (Å²) in [7, 11) is 1.71. The fourth-order valence-electron chi connectivity index (χ4n) is 2.03. The highest BCUT2D eigenvalue weighted by Crippen LogP contribution is 2.39. The predicted molar refractivity (Wildman–Crippen MR) is 88.7 cm³/mol. The summed E-state index contributed by atoms with van der Waals surface area (Å²) in [6, 6.07) is 0. The second-order valence-corrected chi connectivity index (χ2v) is 6.94. The van der Waals surface area contributed by atoms with E-state index >= 15 is 0 Å². The molecular weight excluding hydrogens is 373 g/mol. The van der Waals surface area contributed by atoms with Crippen LogP contribution in [-0.2, 0) is 11.3 Å². The summed E-state index contributed by atoms with van der Waals surface area (Å²) in [5.74, 6) is 3.15. The van der Waals surface area contributed by atoms with Crippen LogP contribution in [0.5, 0.6) is 0 Å². The molecule has 1 atom stereocenters. The number of rotatable bonds is 6. The fraction of sp³-hybridized carbons (Fsp3) is 0.692. The molecule has 1 fully saturated rings.